The average Bonchev–Trinajstić information content (AvgIpc) is 3.81. The van der Waals surface area contributed by atoms with Crippen molar-refractivity contribution in [2.45, 2.75) is 109 Å². The third kappa shape index (κ3) is 21.7. The summed E-state index contributed by atoms with van der Waals surface area (Å²) in [5, 5.41) is 39.9. The molecule has 0 unspecified atom stereocenters. The molecule has 0 aliphatic rings. The molecule has 1 aromatic heterocycles. The minimum Gasteiger partial charge on any atom is -0.508 e. The fourth-order valence-corrected chi connectivity index (χ4v) is 6.40. The van der Waals surface area contributed by atoms with Gasteiger partial charge in [0.25, 0.3) is 0 Å². The molecule has 70 heavy (non-hydrogen) atoms. The van der Waals surface area contributed by atoms with Gasteiger partial charge in [-0.3, -0.25) is 53.1 Å². The van der Waals surface area contributed by atoms with E-state index in [-0.39, 0.29) is 62.9 Å². The van der Waals surface area contributed by atoms with Crippen LogP contribution in [0.2, 0.25) is 0 Å². The van der Waals surface area contributed by atoms with Gasteiger partial charge in [0.15, 0.2) is 11.9 Å². The molecule has 0 aliphatic carbocycles. The van der Waals surface area contributed by atoms with Crippen LogP contribution in [-0.2, 0) is 56.0 Å². The number of aromatic hydroxyl groups is 1. The van der Waals surface area contributed by atoms with Crippen LogP contribution >= 0.6 is 0 Å². The number of amides is 9. The van der Waals surface area contributed by atoms with Gasteiger partial charge in [0.1, 0.15) is 48.0 Å². The Hall–Kier alpha value is -8.04. The largest absolute Gasteiger partial charge is 0.508 e. The summed E-state index contributed by atoms with van der Waals surface area (Å²) in [4.78, 5) is 133. The van der Waals surface area contributed by atoms with Crippen LogP contribution in [0.1, 0.15) is 64.6 Å². The highest BCUT2D eigenvalue weighted by atomic mass is 16.3. The molecule has 0 radical (unpaired) electrons. The molecule has 1 heterocycles. The molecular formula is C42H67N17O11. The summed E-state index contributed by atoms with van der Waals surface area (Å²) in [7, 11) is 0. The van der Waals surface area contributed by atoms with Crippen molar-refractivity contribution >= 4 is 65.1 Å². The summed E-state index contributed by atoms with van der Waals surface area (Å²) < 4.78 is 0. The van der Waals surface area contributed by atoms with Gasteiger partial charge in [-0.1, -0.05) is 26.0 Å². The number of aromatic nitrogens is 2. The lowest BCUT2D eigenvalue weighted by atomic mass is 9.99. The zero-order chi connectivity index (χ0) is 52.5. The number of aliphatic imine (C=N–C) groups is 2. The minimum absolute atomic E-state index is 0.00239. The topological polar surface area (TPSA) is 474 Å². The lowest BCUT2D eigenvalue weighted by Crippen LogP contribution is -2.61. The lowest BCUT2D eigenvalue weighted by molar-refractivity contribution is -0.136. The van der Waals surface area contributed by atoms with Crippen LogP contribution in [0, 0.1) is 5.92 Å². The maximum Gasteiger partial charge on any atom is 0.245 e. The number of aliphatic hydroxyl groups is 1. The number of phenolic OH excluding ortho intramolecular Hbond substituents is 1. The number of guanidine groups is 2. The number of aromatic amines is 1. The summed E-state index contributed by atoms with van der Waals surface area (Å²) in [6, 6.07) is -3.62. The first-order valence-corrected chi connectivity index (χ1v) is 22.1. The Kier molecular flexibility index (Phi) is 24.6. The van der Waals surface area contributed by atoms with E-state index >= 15 is 0 Å². The number of nitrogens with zero attached hydrogens (tertiary/aromatic N) is 3. The van der Waals surface area contributed by atoms with Crippen molar-refractivity contribution in [1.82, 2.24) is 52.5 Å². The van der Waals surface area contributed by atoms with E-state index in [1.54, 1.807) is 13.8 Å². The van der Waals surface area contributed by atoms with Gasteiger partial charge in [-0.05, 0) is 56.2 Å². The van der Waals surface area contributed by atoms with E-state index in [0.717, 1.165) is 0 Å². The number of rotatable bonds is 30. The summed E-state index contributed by atoms with van der Waals surface area (Å²) in [5.41, 5.74) is 27.7. The second kappa shape index (κ2) is 29.7. The van der Waals surface area contributed by atoms with Gasteiger partial charge in [0.2, 0.25) is 53.2 Å². The third-order valence-electron chi connectivity index (χ3n) is 10.1. The molecule has 0 saturated heterocycles. The SMILES string of the molecule is CC(=O)N[C@@H](CCCN=C(N)N)C(=O)N[C@@H](Cc1cnc[nH]1)C(=O)NCC(=O)N[C@@H](CO)C(=O)N[C@@H](Cc1ccc(O)cc1)C(=O)N[C@H](C(=O)N[C@@H](CCCN=C(N)N)C(=O)N[C@@H](C)C(N)=O)C(C)C. The molecule has 0 bridgehead atoms. The minimum atomic E-state index is -1.69. The molecule has 28 nitrogen and oxygen atoms in total. The monoisotopic (exact) mass is 986 g/mol. The molecule has 0 spiro atoms. The smallest absolute Gasteiger partial charge is 0.245 e. The Morgan fingerprint density at radius 2 is 1.16 bits per heavy atom. The van der Waals surface area contributed by atoms with Gasteiger partial charge in [-0.2, -0.15) is 0 Å². The fourth-order valence-electron chi connectivity index (χ4n) is 6.40. The predicted molar refractivity (Wildman–Crippen MR) is 253 cm³/mol. The number of H-pyrrole nitrogens is 1. The van der Waals surface area contributed by atoms with Crippen LogP contribution < -0.4 is 71.2 Å². The van der Waals surface area contributed by atoms with Crippen molar-refractivity contribution in [1.29, 1.82) is 0 Å². The quantitative estimate of drug-likeness (QED) is 0.0197. The van der Waals surface area contributed by atoms with E-state index < -0.39 is 115 Å². The summed E-state index contributed by atoms with van der Waals surface area (Å²) in [6.07, 6.45) is 3.01. The molecule has 2 rings (SSSR count). The van der Waals surface area contributed by atoms with Gasteiger partial charge in [-0.15, -0.1) is 0 Å². The standard InChI is InChI=1S/C42H67N17O11/c1-21(2)33(40(70)56-28(8-6-14-50-42(46)47)36(66)53-22(3)34(43)64)59-38(68)29(15-24-9-11-26(62)12-10-24)57-39(69)31(19-60)55-32(63)18-51-35(65)30(16-25-17-48-20-52-25)58-37(67)27(54-23(4)61)7-5-13-49-41(44)45/h9-12,17,20-22,27-31,33,60,62H,5-8,13-16,18-19H2,1-4H3,(H2,43,64)(H,48,52)(H,51,65)(H,53,66)(H,54,61)(H,55,63)(H,56,70)(H,57,69)(H,58,67)(H,59,68)(H4,44,45,49)(H4,46,47,50)/t22-,27-,28-,29-,30-,31-,33-/m0/s1. The van der Waals surface area contributed by atoms with Crippen molar-refractivity contribution in [3.05, 3.63) is 48.0 Å². The third-order valence-corrected chi connectivity index (χ3v) is 10.1. The lowest BCUT2D eigenvalue weighted by Gasteiger charge is -2.28. The van der Waals surface area contributed by atoms with Gasteiger partial charge >= 0.3 is 0 Å². The number of hydrogen-bond acceptors (Lipinski definition) is 14. The first kappa shape index (κ1) is 58.1. The number of phenols is 1. The maximum absolute atomic E-state index is 14.0. The molecule has 21 N–H and O–H groups in total. The van der Waals surface area contributed by atoms with Gasteiger partial charge in [0.05, 0.1) is 19.5 Å². The molecule has 2 aromatic rings. The zero-order valence-electron chi connectivity index (χ0n) is 39.5. The second-order valence-corrected chi connectivity index (χ2v) is 16.4. The molecule has 0 fully saturated rings. The highest BCUT2D eigenvalue weighted by Crippen LogP contribution is 2.13. The van der Waals surface area contributed by atoms with Gasteiger partial charge in [0, 0.05) is 44.7 Å². The van der Waals surface area contributed by atoms with E-state index in [9.17, 15) is 53.4 Å². The van der Waals surface area contributed by atoms with Crippen molar-refractivity contribution in [3.8, 4) is 5.75 Å². The molecule has 7 atom stereocenters. The number of carbonyl (C=O) groups excluding carboxylic acids is 9. The predicted octanol–water partition coefficient (Wildman–Crippen LogP) is -6.31. The Labute approximate surface area is 403 Å². The van der Waals surface area contributed by atoms with Crippen molar-refractivity contribution in [3.63, 3.8) is 0 Å². The fraction of sp³-hybridized carbons (Fsp3) is 0.524. The van der Waals surface area contributed by atoms with Crippen molar-refractivity contribution in [2.24, 2.45) is 44.6 Å². The Morgan fingerprint density at radius 3 is 1.66 bits per heavy atom. The first-order valence-electron chi connectivity index (χ1n) is 22.1. The number of nitrogens with one attached hydrogen (secondary N) is 9. The number of benzene rings is 1. The molecule has 0 aliphatic heterocycles. The van der Waals surface area contributed by atoms with E-state index in [2.05, 4.69) is 62.5 Å². The summed E-state index contributed by atoms with van der Waals surface area (Å²) in [5.74, 6) is -8.49. The van der Waals surface area contributed by atoms with E-state index in [4.69, 9.17) is 28.7 Å². The zero-order valence-corrected chi connectivity index (χ0v) is 39.5. The Balaban J connectivity index is 2.26. The molecule has 1 aromatic carbocycles. The molecule has 9 amide bonds. The average molecular weight is 986 g/mol. The number of hydrogen-bond donors (Lipinski definition) is 16. The number of carbonyl (C=O) groups is 9. The highest BCUT2D eigenvalue weighted by molar-refractivity contribution is 5.97. The normalized spacial score (nSPS) is 13.8. The van der Waals surface area contributed by atoms with E-state index in [1.165, 1.54) is 50.6 Å². The first-order chi connectivity index (χ1) is 33.0. The Bertz CT molecular complexity index is 2140. The van der Waals surface area contributed by atoms with Crippen molar-refractivity contribution < 1.29 is 53.4 Å². The van der Waals surface area contributed by atoms with Gasteiger partial charge in [-0.25, -0.2) is 4.98 Å². The molecular weight excluding hydrogens is 919 g/mol. The summed E-state index contributed by atoms with van der Waals surface area (Å²) in [6.45, 7) is 4.28. The molecule has 28 heteroatoms. The van der Waals surface area contributed by atoms with Crippen LogP contribution in [0.5, 0.6) is 5.75 Å². The summed E-state index contributed by atoms with van der Waals surface area (Å²) >= 11 is 0. The number of nitrogens with two attached hydrogens (primary N) is 5. The number of imidazole rings is 1. The number of aliphatic hydroxyl groups excluding tert-OH is 1. The maximum atomic E-state index is 14.0. The molecule has 0 saturated carbocycles. The van der Waals surface area contributed by atoms with Gasteiger partial charge < -0.3 is 86.4 Å². The molecule has 386 valence electrons. The van der Waals surface area contributed by atoms with E-state index in [1.807, 2.05) is 0 Å². The van der Waals surface area contributed by atoms with Crippen molar-refractivity contribution in [2.75, 3.05) is 26.2 Å². The second-order valence-electron chi connectivity index (χ2n) is 16.4. The van der Waals surface area contributed by atoms with Crippen LogP contribution in [0.3, 0.4) is 0 Å². The van der Waals surface area contributed by atoms with E-state index in [0.29, 0.717) is 17.7 Å². The van der Waals surface area contributed by atoms with Crippen LogP contribution in [0.15, 0.2) is 46.8 Å². The highest BCUT2D eigenvalue weighted by Gasteiger charge is 2.34. The number of primary amides is 1. The van der Waals surface area contributed by atoms with Crippen LogP contribution in [0.4, 0.5) is 0 Å². The van der Waals surface area contributed by atoms with Crippen LogP contribution in [0.25, 0.3) is 0 Å². The van der Waals surface area contributed by atoms with Crippen LogP contribution in [-0.4, -0.2) is 154 Å². The Morgan fingerprint density at radius 1 is 0.643 bits per heavy atom.